The summed E-state index contributed by atoms with van der Waals surface area (Å²) >= 11 is 0. The lowest BCUT2D eigenvalue weighted by atomic mass is 9.94. The van der Waals surface area contributed by atoms with E-state index < -0.39 is 17.7 Å². The molecule has 0 spiro atoms. The lowest BCUT2D eigenvalue weighted by Crippen LogP contribution is -2.31. The van der Waals surface area contributed by atoms with Crippen molar-refractivity contribution in [2.75, 3.05) is 13.7 Å². The normalized spacial score (nSPS) is 17.7. The summed E-state index contributed by atoms with van der Waals surface area (Å²) in [5.41, 5.74) is 2.53. The van der Waals surface area contributed by atoms with Crippen LogP contribution in [0.4, 0.5) is 0 Å². The van der Waals surface area contributed by atoms with Gasteiger partial charge in [0, 0.05) is 38.2 Å². The molecule has 33 heavy (non-hydrogen) atoms. The maximum absolute atomic E-state index is 13.2. The Hall–Kier alpha value is -3.88. The third-order valence-corrected chi connectivity index (χ3v) is 6.07. The van der Waals surface area contributed by atoms with E-state index in [0.29, 0.717) is 47.8 Å². The molecular formula is C24H27N5O4. The molecule has 172 valence electrons. The van der Waals surface area contributed by atoms with Crippen molar-refractivity contribution < 1.29 is 19.4 Å². The minimum atomic E-state index is -0.734. The zero-order valence-electron chi connectivity index (χ0n) is 19.1. The Labute approximate surface area is 191 Å². The van der Waals surface area contributed by atoms with Crippen molar-refractivity contribution in [1.29, 1.82) is 0 Å². The lowest BCUT2D eigenvalue weighted by Gasteiger charge is -2.25. The van der Waals surface area contributed by atoms with Gasteiger partial charge in [-0.1, -0.05) is 12.1 Å². The number of ether oxygens (including phenoxy) is 1. The molecule has 2 aromatic heterocycles. The molecule has 1 saturated heterocycles. The highest BCUT2D eigenvalue weighted by Crippen LogP contribution is 2.41. The van der Waals surface area contributed by atoms with Crippen LogP contribution in [0.25, 0.3) is 5.76 Å². The Balaban J connectivity index is 1.79. The van der Waals surface area contributed by atoms with Crippen molar-refractivity contribution in [3.63, 3.8) is 0 Å². The van der Waals surface area contributed by atoms with Gasteiger partial charge in [0.1, 0.15) is 11.5 Å². The fourth-order valence-corrected chi connectivity index (χ4v) is 4.36. The molecule has 3 heterocycles. The van der Waals surface area contributed by atoms with Crippen LogP contribution in [0.1, 0.15) is 35.0 Å². The van der Waals surface area contributed by atoms with E-state index >= 15 is 0 Å². The number of carbonyl (C=O) groups is 2. The molecule has 4 rings (SSSR count). The van der Waals surface area contributed by atoms with Crippen LogP contribution >= 0.6 is 0 Å². The van der Waals surface area contributed by atoms with Crippen molar-refractivity contribution in [3.05, 3.63) is 71.1 Å². The highest BCUT2D eigenvalue weighted by Gasteiger charge is 2.46. The molecule has 9 nitrogen and oxygen atoms in total. The summed E-state index contributed by atoms with van der Waals surface area (Å²) in [6.45, 7) is 4.57. The molecule has 0 radical (unpaired) electrons. The minimum Gasteiger partial charge on any atom is -0.507 e. The monoisotopic (exact) mass is 449 g/mol. The van der Waals surface area contributed by atoms with Gasteiger partial charge >= 0.3 is 0 Å². The van der Waals surface area contributed by atoms with Crippen molar-refractivity contribution in [1.82, 2.24) is 24.2 Å². The number of benzene rings is 1. The first kappa shape index (κ1) is 22.3. The van der Waals surface area contributed by atoms with Crippen molar-refractivity contribution in [3.8, 4) is 5.75 Å². The third kappa shape index (κ3) is 4.02. The van der Waals surface area contributed by atoms with E-state index in [2.05, 4.69) is 10.1 Å². The van der Waals surface area contributed by atoms with E-state index in [4.69, 9.17) is 4.74 Å². The highest BCUT2D eigenvalue weighted by atomic mass is 16.5. The van der Waals surface area contributed by atoms with Gasteiger partial charge in [0.25, 0.3) is 11.7 Å². The van der Waals surface area contributed by atoms with Gasteiger partial charge in [0.2, 0.25) is 0 Å². The lowest BCUT2D eigenvalue weighted by molar-refractivity contribution is -0.139. The second kappa shape index (κ2) is 8.93. The molecule has 0 aliphatic carbocycles. The van der Waals surface area contributed by atoms with Crippen LogP contribution in [-0.2, 0) is 23.2 Å². The number of aryl methyl sites for hydroxylation is 3. The molecule has 0 bridgehead atoms. The van der Waals surface area contributed by atoms with E-state index in [1.54, 1.807) is 56.5 Å². The van der Waals surface area contributed by atoms with Crippen LogP contribution < -0.4 is 4.74 Å². The average molecular weight is 450 g/mol. The molecule has 9 heteroatoms. The number of likely N-dealkylation sites (tertiary alicyclic amines) is 1. The molecule has 1 aromatic carbocycles. The number of Topliss-reactive ketones (excluding diaryl/α,β-unsaturated/α-hetero) is 1. The summed E-state index contributed by atoms with van der Waals surface area (Å²) in [4.78, 5) is 31.9. The van der Waals surface area contributed by atoms with E-state index in [0.717, 1.165) is 0 Å². The first-order valence-corrected chi connectivity index (χ1v) is 10.7. The molecule has 3 aromatic rings. The Morgan fingerprint density at radius 1 is 1.21 bits per heavy atom. The summed E-state index contributed by atoms with van der Waals surface area (Å²) in [5, 5.41) is 15.7. The number of nitrogens with zero attached hydrogens (tertiary/aromatic N) is 5. The average Bonchev–Trinajstić information content (AvgIpc) is 3.47. The number of amides is 1. The first-order valence-electron chi connectivity index (χ1n) is 10.7. The van der Waals surface area contributed by atoms with Gasteiger partial charge in [-0.3, -0.25) is 14.3 Å². The first-order chi connectivity index (χ1) is 15.8. The molecule has 0 saturated carbocycles. The SMILES string of the molecule is COc1cccc([C@@H]2/C(=C(\O)c3c(C)nn(C)c3C)C(=O)C(=O)N2CCCn2ccnc2)c1. The summed E-state index contributed by atoms with van der Waals surface area (Å²) in [5.74, 6) is -0.938. The van der Waals surface area contributed by atoms with Crippen molar-refractivity contribution >= 4 is 17.4 Å². The fraction of sp³-hybridized carbons (Fsp3) is 0.333. The smallest absolute Gasteiger partial charge is 0.295 e. The zero-order chi connectivity index (χ0) is 23.7. The third-order valence-electron chi connectivity index (χ3n) is 6.07. The molecule has 0 unspecified atom stereocenters. The molecule has 1 fully saturated rings. The number of ketones is 1. The Kier molecular flexibility index (Phi) is 6.04. The quantitative estimate of drug-likeness (QED) is 0.338. The number of aliphatic hydroxyl groups excluding tert-OH is 1. The van der Waals surface area contributed by atoms with Crippen LogP contribution in [0.3, 0.4) is 0 Å². The molecule has 1 aliphatic heterocycles. The van der Waals surface area contributed by atoms with Gasteiger partial charge in [-0.2, -0.15) is 5.10 Å². The topological polar surface area (TPSA) is 102 Å². The standard InChI is InChI=1S/C24H27N5O4/c1-15-19(16(2)27(3)26-15)22(30)20-21(17-7-5-8-18(13-17)33-4)29(24(32)23(20)31)11-6-10-28-12-9-25-14-28/h5,7-9,12-14,21,30H,6,10-11H2,1-4H3/b22-20+/t21-/m1/s1. The molecular weight excluding hydrogens is 422 g/mol. The van der Waals surface area contributed by atoms with Gasteiger partial charge < -0.3 is 19.3 Å². The Morgan fingerprint density at radius 2 is 2.00 bits per heavy atom. The van der Waals surface area contributed by atoms with E-state index in [-0.39, 0.29) is 11.3 Å². The van der Waals surface area contributed by atoms with Crippen LogP contribution in [-0.4, -0.2) is 54.7 Å². The number of carbonyl (C=O) groups excluding carboxylic acids is 2. The number of rotatable bonds is 7. The summed E-state index contributed by atoms with van der Waals surface area (Å²) in [6, 6.07) is 6.49. The highest BCUT2D eigenvalue weighted by molar-refractivity contribution is 6.46. The van der Waals surface area contributed by atoms with Crippen LogP contribution in [0, 0.1) is 13.8 Å². The maximum atomic E-state index is 13.2. The summed E-state index contributed by atoms with van der Waals surface area (Å²) in [6.07, 6.45) is 5.87. The van der Waals surface area contributed by atoms with Crippen LogP contribution in [0.15, 0.2) is 48.6 Å². The molecule has 1 aliphatic rings. The number of hydrogen-bond acceptors (Lipinski definition) is 6. The van der Waals surface area contributed by atoms with E-state index in [1.165, 1.54) is 4.90 Å². The molecule has 1 atom stereocenters. The molecule has 1 N–H and O–H groups in total. The number of hydrogen-bond donors (Lipinski definition) is 1. The van der Waals surface area contributed by atoms with E-state index in [1.807, 2.05) is 23.8 Å². The van der Waals surface area contributed by atoms with Gasteiger partial charge in [-0.25, -0.2) is 4.98 Å². The fourth-order valence-electron chi connectivity index (χ4n) is 4.36. The second-order valence-corrected chi connectivity index (χ2v) is 8.09. The van der Waals surface area contributed by atoms with Crippen LogP contribution in [0.5, 0.6) is 5.75 Å². The Bertz CT molecular complexity index is 1230. The number of aliphatic hydroxyl groups is 1. The number of aromatic nitrogens is 4. The number of imidazole rings is 1. The van der Waals surface area contributed by atoms with Gasteiger partial charge in [-0.15, -0.1) is 0 Å². The zero-order valence-corrected chi connectivity index (χ0v) is 19.1. The Morgan fingerprint density at radius 3 is 2.64 bits per heavy atom. The van der Waals surface area contributed by atoms with Gasteiger partial charge in [-0.05, 0) is 38.0 Å². The number of methoxy groups -OCH3 is 1. The van der Waals surface area contributed by atoms with Crippen molar-refractivity contribution in [2.24, 2.45) is 7.05 Å². The molecule has 1 amide bonds. The summed E-state index contributed by atoms with van der Waals surface area (Å²) < 4.78 is 8.93. The van der Waals surface area contributed by atoms with E-state index in [9.17, 15) is 14.7 Å². The van der Waals surface area contributed by atoms with Gasteiger partial charge in [0.05, 0.1) is 36.3 Å². The maximum Gasteiger partial charge on any atom is 0.295 e. The summed E-state index contributed by atoms with van der Waals surface area (Å²) in [7, 11) is 3.33. The predicted octanol–water partition coefficient (Wildman–Crippen LogP) is 2.75. The van der Waals surface area contributed by atoms with Gasteiger partial charge in [0.15, 0.2) is 0 Å². The van der Waals surface area contributed by atoms with Crippen molar-refractivity contribution in [2.45, 2.75) is 32.9 Å². The minimum absolute atomic E-state index is 0.0649. The predicted molar refractivity (Wildman–Crippen MR) is 122 cm³/mol. The van der Waals surface area contributed by atoms with Crippen LogP contribution in [0.2, 0.25) is 0 Å². The largest absolute Gasteiger partial charge is 0.507 e. The second-order valence-electron chi connectivity index (χ2n) is 8.09.